The lowest BCUT2D eigenvalue weighted by atomic mass is 10.1. The zero-order valence-corrected chi connectivity index (χ0v) is 9.30. The van der Waals surface area contributed by atoms with Crippen LogP contribution in [0.1, 0.15) is 31.0 Å². The largest absolute Gasteiger partial charge is 0.306 e. The van der Waals surface area contributed by atoms with Gasteiger partial charge in [0.25, 0.3) is 0 Å². The Bertz CT molecular complexity index is 315. The minimum absolute atomic E-state index is 0.395. The fourth-order valence-corrected chi connectivity index (χ4v) is 1.38. The minimum atomic E-state index is 0.395. The SMILES string of the molecule is C=C(C)CN[C@@H](C)c1cccc(C)c1. The van der Waals surface area contributed by atoms with Crippen molar-refractivity contribution in [1.82, 2.24) is 5.32 Å². The standard InChI is InChI=1S/C13H19N/c1-10(2)9-14-12(4)13-7-5-6-11(3)8-13/h5-8,12,14H,1,9H2,2-4H3/t12-/m0/s1. The van der Waals surface area contributed by atoms with Gasteiger partial charge < -0.3 is 5.32 Å². The second-order valence-corrected chi connectivity index (χ2v) is 3.97. The van der Waals surface area contributed by atoms with Crippen molar-refractivity contribution >= 4 is 0 Å². The van der Waals surface area contributed by atoms with E-state index in [2.05, 4.69) is 50.0 Å². The van der Waals surface area contributed by atoms with E-state index in [0.29, 0.717) is 6.04 Å². The van der Waals surface area contributed by atoms with Crippen molar-refractivity contribution in [1.29, 1.82) is 0 Å². The molecule has 0 aliphatic carbocycles. The highest BCUT2D eigenvalue weighted by Crippen LogP contribution is 2.13. The van der Waals surface area contributed by atoms with Crippen LogP contribution in [0.3, 0.4) is 0 Å². The number of rotatable bonds is 4. The monoisotopic (exact) mass is 189 g/mol. The van der Waals surface area contributed by atoms with Crippen molar-refractivity contribution < 1.29 is 0 Å². The molecule has 14 heavy (non-hydrogen) atoms. The maximum Gasteiger partial charge on any atom is 0.0294 e. The summed E-state index contributed by atoms with van der Waals surface area (Å²) in [6.07, 6.45) is 0. The van der Waals surface area contributed by atoms with Gasteiger partial charge in [0.05, 0.1) is 0 Å². The van der Waals surface area contributed by atoms with Crippen LogP contribution in [0.5, 0.6) is 0 Å². The van der Waals surface area contributed by atoms with Gasteiger partial charge in [0.15, 0.2) is 0 Å². The maximum absolute atomic E-state index is 3.88. The van der Waals surface area contributed by atoms with E-state index in [1.54, 1.807) is 0 Å². The second kappa shape index (κ2) is 4.97. The van der Waals surface area contributed by atoms with E-state index in [9.17, 15) is 0 Å². The highest BCUT2D eigenvalue weighted by atomic mass is 14.9. The van der Waals surface area contributed by atoms with Crippen LogP contribution in [0, 0.1) is 6.92 Å². The van der Waals surface area contributed by atoms with Crippen LogP contribution in [-0.2, 0) is 0 Å². The van der Waals surface area contributed by atoms with Crippen molar-refractivity contribution in [2.24, 2.45) is 0 Å². The molecule has 76 valence electrons. The van der Waals surface area contributed by atoms with E-state index in [0.717, 1.165) is 6.54 Å². The summed E-state index contributed by atoms with van der Waals surface area (Å²) in [6, 6.07) is 8.99. The molecule has 1 aromatic rings. The topological polar surface area (TPSA) is 12.0 Å². The number of hydrogen-bond acceptors (Lipinski definition) is 1. The number of nitrogens with one attached hydrogen (secondary N) is 1. The third-order valence-corrected chi connectivity index (χ3v) is 2.25. The molecule has 1 nitrogen and oxygen atoms in total. The Labute approximate surface area is 86.8 Å². The second-order valence-electron chi connectivity index (χ2n) is 3.97. The van der Waals surface area contributed by atoms with Gasteiger partial charge >= 0.3 is 0 Å². The van der Waals surface area contributed by atoms with Crippen LogP contribution in [0.15, 0.2) is 36.4 Å². The lowest BCUT2D eigenvalue weighted by Crippen LogP contribution is -2.20. The molecule has 0 fully saturated rings. The maximum atomic E-state index is 3.88. The molecule has 0 radical (unpaired) electrons. The van der Waals surface area contributed by atoms with Crippen LogP contribution in [0.2, 0.25) is 0 Å². The Morgan fingerprint density at radius 3 is 2.79 bits per heavy atom. The molecule has 0 saturated carbocycles. The van der Waals surface area contributed by atoms with Crippen molar-refractivity contribution in [3.05, 3.63) is 47.5 Å². The van der Waals surface area contributed by atoms with Crippen molar-refractivity contribution in [3.8, 4) is 0 Å². The van der Waals surface area contributed by atoms with Crippen LogP contribution in [-0.4, -0.2) is 6.54 Å². The first kappa shape index (κ1) is 11.0. The third-order valence-electron chi connectivity index (χ3n) is 2.25. The zero-order chi connectivity index (χ0) is 10.6. The lowest BCUT2D eigenvalue weighted by molar-refractivity contribution is 0.607. The van der Waals surface area contributed by atoms with Crippen molar-refractivity contribution in [2.75, 3.05) is 6.54 Å². The molecule has 1 atom stereocenters. The van der Waals surface area contributed by atoms with Gasteiger partial charge in [-0.3, -0.25) is 0 Å². The van der Waals surface area contributed by atoms with E-state index in [1.807, 2.05) is 6.92 Å². The third kappa shape index (κ3) is 3.35. The average molecular weight is 189 g/mol. The normalized spacial score (nSPS) is 12.5. The Kier molecular flexibility index (Phi) is 3.90. The first-order valence-electron chi connectivity index (χ1n) is 5.04. The van der Waals surface area contributed by atoms with E-state index in [1.165, 1.54) is 16.7 Å². The number of hydrogen-bond donors (Lipinski definition) is 1. The molecule has 0 saturated heterocycles. The first-order valence-corrected chi connectivity index (χ1v) is 5.04. The van der Waals surface area contributed by atoms with Crippen LogP contribution in [0.25, 0.3) is 0 Å². The average Bonchev–Trinajstić information content (AvgIpc) is 2.14. The molecule has 0 amide bonds. The molecular weight excluding hydrogens is 170 g/mol. The van der Waals surface area contributed by atoms with E-state index in [4.69, 9.17) is 0 Å². The molecule has 0 heterocycles. The van der Waals surface area contributed by atoms with Crippen LogP contribution in [0.4, 0.5) is 0 Å². The molecule has 0 unspecified atom stereocenters. The Hall–Kier alpha value is -1.08. The zero-order valence-electron chi connectivity index (χ0n) is 9.30. The summed E-state index contributed by atoms with van der Waals surface area (Å²) in [7, 11) is 0. The lowest BCUT2D eigenvalue weighted by Gasteiger charge is -2.14. The van der Waals surface area contributed by atoms with E-state index >= 15 is 0 Å². The minimum Gasteiger partial charge on any atom is -0.306 e. The highest BCUT2D eigenvalue weighted by molar-refractivity contribution is 5.24. The molecule has 1 aromatic carbocycles. The number of aryl methyl sites for hydroxylation is 1. The molecule has 0 aliphatic heterocycles. The molecule has 0 aromatic heterocycles. The quantitative estimate of drug-likeness (QED) is 0.717. The molecule has 0 bridgehead atoms. The van der Waals surface area contributed by atoms with Gasteiger partial charge in [-0.15, -0.1) is 0 Å². The first-order chi connectivity index (χ1) is 6.59. The summed E-state index contributed by atoms with van der Waals surface area (Å²) in [5.74, 6) is 0. The predicted octanol–water partition coefficient (Wildman–Crippen LogP) is 3.22. The Morgan fingerprint density at radius 2 is 2.21 bits per heavy atom. The summed E-state index contributed by atoms with van der Waals surface area (Å²) in [4.78, 5) is 0. The smallest absolute Gasteiger partial charge is 0.0294 e. The molecule has 1 heteroatoms. The fraction of sp³-hybridized carbons (Fsp3) is 0.385. The van der Waals surface area contributed by atoms with Crippen molar-refractivity contribution in [2.45, 2.75) is 26.8 Å². The highest BCUT2D eigenvalue weighted by Gasteiger charge is 2.03. The van der Waals surface area contributed by atoms with Gasteiger partial charge in [-0.1, -0.05) is 42.0 Å². The van der Waals surface area contributed by atoms with Gasteiger partial charge in [0, 0.05) is 12.6 Å². The van der Waals surface area contributed by atoms with Gasteiger partial charge in [0.1, 0.15) is 0 Å². The van der Waals surface area contributed by atoms with Crippen molar-refractivity contribution in [3.63, 3.8) is 0 Å². The van der Waals surface area contributed by atoms with E-state index in [-0.39, 0.29) is 0 Å². The summed E-state index contributed by atoms with van der Waals surface area (Å²) in [6.45, 7) is 11.1. The molecule has 1 rings (SSSR count). The Morgan fingerprint density at radius 1 is 1.50 bits per heavy atom. The van der Waals surface area contributed by atoms with Gasteiger partial charge in [-0.2, -0.15) is 0 Å². The summed E-state index contributed by atoms with van der Waals surface area (Å²) in [5, 5.41) is 3.43. The molecule has 1 N–H and O–H groups in total. The van der Waals surface area contributed by atoms with Gasteiger partial charge in [-0.05, 0) is 26.3 Å². The van der Waals surface area contributed by atoms with Gasteiger partial charge in [0.2, 0.25) is 0 Å². The number of benzene rings is 1. The summed E-state index contributed by atoms with van der Waals surface area (Å²) >= 11 is 0. The molecular formula is C13H19N. The molecule has 0 aliphatic rings. The predicted molar refractivity (Wildman–Crippen MR) is 62.4 cm³/mol. The van der Waals surface area contributed by atoms with Crippen LogP contribution < -0.4 is 5.32 Å². The van der Waals surface area contributed by atoms with Crippen LogP contribution >= 0.6 is 0 Å². The van der Waals surface area contributed by atoms with Gasteiger partial charge in [-0.25, -0.2) is 0 Å². The summed E-state index contributed by atoms with van der Waals surface area (Å²) in [5.41, 5.74) is 3.82. The fourth-order valence-electron chi connectivity index (χ4n) is 1.38. The molecule has 0 spiro atoms. The van der Waals surface area contributed by atoms with E-state index < -0.39 is 0 Å². The summed E-state index contributed by atoms with van der Waals surface area (Å²) < 4.78 is 0. The Balaban J connectivity index is 2.60.